The van der Waals surface area contributed by atoms with Crippen molar-refractivity contribution in [2.24, 2.45) is 72.1 Å². The van der Waals surface area contributed by atoms with E-state index in [1.807, 2.05) is 0 Å². The summed E-state index contributed by atoms with van der Waals surface area (Å²) in [6.07, 6.45) is 11.3. The molecule has 4 saturated carbocycles. The van der Waals surface area contributed by atoms with Gasteiger partial charge in [0.15, 0.2) is 5.78 Å². The van der Waals surface area contributed by atoms with Crippen LogP contribution in [0.15, 0.2) is 34.0 Å². The molecule has 2 unspecified atom stereocenters. The Kier molecular flexibility index (Phi) is 7.65. The molecule has 5 rings (SSSR count). The van der Waals surface area contributed by atoms with Crippen molar-refractivity contribution >= 4 is 18.3 Å². The number of Topliss-reactive ketones (excluding diaryl/α,β-unsaturated/α-hetero) is 1. The van der Waals surface area contributed by atoms with Crippen LogP contribution in [0.5, 0.6) is 0 Å². The Morgan fingerprint density at radius 3 is 2.42 bits per heavy atom. The highest BCUT2D eigenvalue weighted by molar-refractivity contribution is 6.04. The summed E-state index contributed by atoms with van der Waals surface area (Å²) in [6, 6.07) is 2.30. The summed E-state index contributed by atoms with van der Waals surface area (Å²) in [4.78, 5) is 13.4. The van der Waals surface area contributed by atoms with Gasteiger partial charge < -0.3 is 11.1 Å². The van der Waals surface area contributed by atoms with Gasteiger partial charge in [-0.05, 0) is 102 Å². The van der Waals surface area contributed by atoms with Crippen molar-refractivity contribution in [2.45, 2.75) is 99.8 Å². The minimum Gasteiger partial charge on any atom is -0.385 e. The molecule has 236 valence electrons. The van der Waals surface area contributed by atoms with E-state index in [1.54, 1.807) is 7.05 Å². The average molecular weight is 589 g/mol. The lowest BCUT2D eigenvalue weighted by atomic mass is 9.31. The van der Waals surface area contributed by atoms with Crippen LogP contribution < -0.4 is 11.1 Å². The monoisotopic (exact) mass is 588 g/mol. The SMILES string of the molecule is C=NN(C)/N=C(\N)CNC[C@]12CCC(C)(C)CC1C1C(=C)C[C@@H]3[C@@]4(C)C=C(C#N)C(=O)C(C)(C)[C@@H]4CC[C@@]3(C)[C@]1(C)CC2. The number of hydrazone groups is 2. The van der Waals surface area contributed by atoms with Crippen LogP contribution in [0.3, 0.4) is 0 Å². The molecule has 0 amide bonds. The second kappa shape index (κ2) is 10.3. The third-order valence-electron chi connectivity index (χ3n) is 14.1. The Morgan fingerprint density at radius 1 is 1.09 bits per heavy atom. The van der Waals surface area contributed by atoms with E-state index < -0.39 is 5.41 Å². The molecule has 0 heterocycles. The number of carbonyl (C=O) groups excluding carboxylic acids is 1. The zero-order valence-corrected chi connectivity index (χ0v) is 28.1. The molecular formula is C36H56N6O. The molecule has 0 aromatic carbocycles. The summed E-state index contributed by atoms with van der Waals surface area (Å²) in [5.41, 5.74) is 7.95. The molecule has 0 aliphatic heterocycles. The fourth-order valence-corrected chi connectivity index (χ4v) is 11.6. The lowest BCUT2D eigenvalue weighted by Gasteiger charge is -2.73. The summed E-state index contributed by atoms with van der Waals surface area (Å²) in [6.45, 7) is 26.5. The fourth-order valence-electron chi connectivity index (χ4n) is 11.6. The van der Waals surface area contributed by atoms with Crippen molar-refractivity contribution in [3.63, 3.8) is 0 Å². The zero-order valence-electron chi connectivity index (χ0n) is 28.1. The number of nitrogens with zero attached hydrogens (tertiary/aromatic N) is 4. The molecule has 0 aromatic heterocycles. The van der Waals surface area contributed by atoms with Crippen LogP contribution in [0.2, 0.25) is 0 Å². The van der Waals surface area contributed by atoms with Crippen molar-refractivity contribution in [3.05, 3.63) is 23.8 Å². The molecule has 0 bridgehead atoms. The predicted molar refractivity (Wildman–Crippen MR) is 175 cm³/mol. The molecule has 3 N–H and O–H groups in total. The lowest BCUT2D eigenvalue weighted by molar-refractivity contribution is -0.210. The summed E-state index contributed by atoms with van der Waals surface area (Å²) >= 11 is 0. The van der Waals surface area contributed by atoms with Crippen LogP contribution in [-0.2, 0) is 4.79 Å². The normalized spacial score (nSPS) is 43.2. The second-order valence-electron chi connectivity index (χ2n) is 17.1. The maximum atomic E-state index is 13.4. The molecule has 5 aliphatic rings. The molecule has 0 spiro atoms. The highest BCUT2D eigenvalue weighted by Gasteiger charge is 2.70. The smallest absolute Gasteiger partial charge is 0.178 e. The van der Waals surface area contributed by atoms with Gasteiger partial charge in [-0.1, -0.05) is 66.7 Å². The number of amidine groups is 1. The molecular weight excluding hydrogens is 532 g/mol. The molecule has 7 nitrogen and oxygen atoms in total. The topological polar surface area (TPSA) is 107 Å². The molecule has 0 radical (unpaired) electrons. The van der Waals surface area contributed by atoms with Gasteiger partial charge in [-0.25, -0.2) is 0 Å². The number of hydrogen-bond donors (Lipinski definition) is 2. The zero-order chi connectivity index (χ0) is 31.8. The van der Waals surface area contributed by atoms with E-state index in [-0.39, 0.29) is 33.4 Å². The third kappa shape index (κ3) is 4.64. The van der Waals surface area contributed by atoms with E-state index in [1.165, 1.54) is 42.8 Å². The number of hydrogen-bond acceptors (Lipinski definition) is 6. The van der Waals surface area contributed by atoms with Gasteiger partial charge in [-0.3, -0.25) is 4.79 Å². The number of rotatable bonds is 6. The van der Waals surface area contributed by atoms with E-state index in [4.69, 9.17) is 12.3 Å². The first-order valence-electron chi connectivity index (χ1n) is 16.5. The highest BCUT2D eigenvalue weighted by Crippen LogP contribution is 2.77. The lowest BCUT2D eigenvalue weighted by Crippen LogP contribution is -2.67. The Bertz CT molecular complexity index is 1300. The number of nitriles is 1. The molecule has 4 fully saturated rings. The number of ketones is 1. The largest absolute Gasteiger partial charge is 0.385 e. The summed E-state index contributed by atoms with van der Waals surface area (Å²) in [5, 5.41) is 23.2. The van der Waals surface area contributed by atoms with Crippen molar-refractivity contribution in [2.75, 3.05) is 20.1 Å². The minimum atomic E-state index is -0.530. The maximum Gasteiger partial charge on any atom is 0.178 e. The number of allylic oxidation sites excluding steroid dienone is 3. The Balaban J connectivity index is 1.51. The van der Waals surface area contributed by atoms with Gasteiger partial charge in [-0.2, -0.15) is 15.5 Å². The highest BCUT2D eigenvalue weighted by atomic mass is 16.1. The standard InChI is InChI=1S/C36H56N6O/c1-23-17-27-33(6)18-24(20-37)30(43)32(4,5)26(33)11-12-34(27,7)35(8)14-16-36(22-40-21-28(38)41-42(10)39-9)15-13-31(2,3)19-25(36)29(23)35/h18,25-27,29,40H,1,9,11-17,19,21-22H2,2-8,10H3,(H2,38,41)/t25?,26-,27+,29?,33-,34+,35+,36+/m0/s1. The van der Waals surface area contributed by atoms with Gasteiger partial charge in [0.25, 0.3) is 0 Å². The van der Waals surface area contributed by atoms with E-state index in [0.29, 0.717) is 41.1 Å². The molecule has 0 saturated heterocycles. The summed E-state index contributed by atoms with van der Waals surface area (Å²) in [7, 11) is 1.74. The van der Waals surface area contributed by atoms with Crippen LogP contribution in [0.4, 0.5) is 0 Å². The molecule has 0 aromatic rings. The first-order valence-corrected chi connectivity index (χ1v) is 16.5. The third-order valence-corrected chi connectivity index (χ3v) is 14.1. The van der Waals surface area contributed by atoms with E-state index in [9.17, 15) is 10.1 Å². The molecule has 5 aliphatic carbocycles. The molecule has 8 atom stereocenters. The van der Waals surface area contributed by atoms with Crippen LogP contribution in [0.25, 0.3) is 0 Å². The van der Waals surface area contributed by atoms with E-state index in [2.05, 4.69) is 82.8 Å². The van der Waals surface area contributed by atoms with E-state index in [0.717, 1.165) is 25.8 Å². The van der Waals surface area contributed by atoms with Gasteiger partial charge in [0.05, 0.1) is 12.1 Å². The van der Waals surface area contributed by atoms with Crippen LogP contribution in [0.1, 0.15) is 99.8 Å². The van der Waals surface area contributed by atoms with Crippen LogP contribution >= 0.6 is 0 Å². The van der Waals surface area contributed by atoms with Gasteiger partial charge in [0.1, 0.15) is 11.9 Å². The van der Waals surface area contributed by atoms with Crippen molar-refractivity contribution in [1.29, 1.82) is 5.26 Å². The summed E-state index contributed by atoms with van der Waals surface area (Å²) < 4.78 is 0. The quantitative estimate of drug-likeness (QED) is 0.156. The Labute approximate surface area is 260 Å². The van der Waals surface area contributed by atoms with Gasteiger partial charge >= 0.3 is 0 Å². The van der Waals surface area contributed by atoms with Gasteiger partial charge in [0.2, 0.25) is 0 Å². The number of fused-ring (bicyclic) bond motifs is 7. The Morgan fingerprint density at radius 2 is 1.77 bits per heavy atom. The second-order valence-corrected chi connectivity index (χ2v) is 17.1. The first-order chi connectivity index (χ1) is 19.9. The number of nitrogens with two attached hydrogens (primary N) is 1. The minimum absolute atomic E-state index is 0.0253. The molecule has 43 heavy (non-hydrogen) atoms. The number of nitrogens with one attached hydrogen (secondary N) is 1. The maximum absolute atomic E-state index is 13.4. The van der Waals surface area contributed by atoms with Crippen molar-refractivity contribution in [1.82, 2.24) is 10.4 Å². The van der Waals surface area contributed by atoms with Gasteiger partial charge in [-0.15, -0.1) is 5.10 Å². The van der Waals surface area contributed by atoms with Crippen LogP contribution in [-0.4, -0.2) is 43.6 Å². The Hall–Kier alpha value is -2.46. The first kappa shape index (κ1) is 31.9. The molecule has 7 heteroatoms. The van der Waals surface area contributed by atoms with Crippen LogP contribution in [0, 0.1) is 67.5 Å². The fraction of sp³-hybridized carbons (Fsp3) is 0.778. The van der Waals surface area contributed by atoms with Crippen molar-refractivity contribution in [3.8, 4) is 6.07 Å². The van der Waals surface area contributed by atoms with Gasteiger partial charge in [0, 0.05) is 25.7 Å². The number of carbonyl (C=O) groups is 1. The average Bonchev–Trinajstić information content (AvgIpc) is 2.92. The van der Waals surface area contributed by atoms with Crippen molar-refractivity contribution < 1.29 is 4.79 Å². The summed E-state index contributed by atoms with van der Waals surface area (Å²) in [5.74, 6) is 2.13. The predicted octanol–water partition coefficient (Wildman–Crippen LogP) is 6.68. The van der Waals surface area contributed by atoms with E-state index >= 15 is 0 Å².